The summed E-state index contributed by atoms with van der Waals surface area (Å²) in [5.74, 6) is -0.574. The second-order valence-electron chi connectivity index (χ2n) is 5.31. The van der Waals surface area contributed by atoms with Gasteiger partial charge >= 0.3 is 0 Å². The number of carbonyl (C=O) groups is 1. The zero-order valence-electron chi connectivity index (χ0n) is 11.6. The van der Waals surface area contributed by atoms with Crippen LogP contribution in [0.15, 0.2) is 18.2 Å². The Kier molecular flexibility index (Phi) is 3.75. The minimum Gasteiger partial charge on any atom is -0.396 e. The smallest absolute Gasteiger partial charge is 0.254 e. The Morgan fingerprint density at radius 1 is 1.32 bits per heavy atom. The molecule has 2 N–H and O–H groups in total. The molecule has 1 amide bonds. The van der Waals surface area contributed by atoms with E-state index >= 15 is 0 Å². The summed E-state index contributed by atoms with van der Waals surface area (Å²) < 4.78 is 13.1. The summed E-state index contributed by atoms with van der Waals surface area (Å²) in [4.78, 5) is 16.5. The van der Waals surface area contributed by atoms with Crippen molar-refractivity contribution >= 4 is 11.6 Å². The lowest BCUT2D eigenvalue weighted by atomic mass is 10.1. The van der Waals surface area contributed by atoms with Crippen LogP contribution in [0.5, 0.6) is 0 Å². The highest BCUT2D eigenvalue weighted by Crippen LogP contribution is 2.18. The molecule has 1 aliphatic rings. The standard InChI is InChI=1S/C14H20FN3O/c1-9-7-18(8-10(2)17(9)3)14(19)11-4-5-12(15)13(16)6-11/h4-6,9-10H,7-8,16H2,1-3H3. The van der Waals surface area contributed by atoms with Crippen LogP contribution in [-0.4, -0.2) is 47.9 Å². The van der Waals surface area contributed by atoms with Crippen LogP contribution in [0.3, 0.4) is 0 Å². The van der Waals surface area contributed by atoms with Crippen molar-refractivity contribution in [3.05, 3.63) is 29.6 Å². The Balaban J connectivity index is 2.17. The number of carbonyl (C=O) groups excluding carboxylic acids is 1. The Morgan fingerprint density at radius 2 is 1.89 bits per heavy atom. The summed E-state index contributed by atoms with van der Waals surface area (Å²) in [5, 5.41) is 0. The molecular weight excluding hydrogens is 245 g/mol. The quantitative estimate of drug-likeness (QED) is 0.784. The molecule has 2 rings (SSSR count). The first kappa shape index (κ1) is 13.8. The minimum atomic E-state index is -0.489. The van der Waals surface area contributed by atoms with E-state index in [4.69, 9.17) is 5.73 Å². The molecule has 0 radical (unpaired) electrons. The Labute approximate surface area is 113 Å². The van der Waals surface area contributed by atoms with Gasteiger partial charge in [0.15, 0.2) is 0 Å². The molecule has 19 heavy (non-hydrogen) atoms. The predicted molar refractivity (Wildman–Crippen MR) is 73.4 cm³/mol. The van der Waals surface area contributed by atoms with Gasteiger partial charge in [0, 0.05) is 30.7 Å². The zero-order valence-corrected chi connectivity index (χ0v) is 11.6. The van der Waals surface area contributed by atoms with Crippen molar-refractivity contribution in [1.82, 2.24) is 9.80 Å². The van der Waals surface area contributed by atoms with Crippen LogP contribution in [0.1, 0.15) is 24.2 Å². The van der Waals surface area contributed by atoms with Crippen molar-refractivity contribution in [3.8, 4) is 0 Å². The summed E-state index contributed by atoms with van der Waals surface area (Å²) in [6.07, 6.45) is 0. The van der Waals surface area contributed by atoms with E-state index in [-0.39, 0.29) is 11.6 Å². The normalized spacial score (nSPS) is 24.5. The summed E-state index contributed by atoms with van der Waals surface area (Å²) in [5.41, 5.74) is 5.97. The van der Waals surface area contributed by atoms with E-state index in [2.05, 4.69) is 25.8 Å². The Bertz CT molecular complexity index is 480. The number of nitrogen functional groups attached to an aromatic ring is 1. The molecule has 1 aromatic carbocycles. The van der Waals surface area contributed by atoms with Crippen molar-refractivity contribution in [2.75, 3.05) is 25.9 Å². The predicted octanol–water partition coefficient (Wildman–Crippen LogP) is 1.57. The monoisotopic (exact) mass is 265 g/mol. The van der Waals surface area contributed by atoms with Gasteiger partial charge in [-0.25, -0.2) is 4.39 Å². The van der Waals surface area contributed by atoms with Gasteiger partial charge in [-0.3, -0.25) is 9.69 Å². The lowest BCUT2D eigenvalue weighted by Crippen LogP contribution is -2.56. The molecule has 4 nitrogen and oxygen atoms in total. The van der Waals surface area contributed by atoms with Crippen molar-refractivity contribution in [2.24, 2.45) is 0 Å². The molecule has 5 heteroatoms. The highest BCUT2D eigenvalue weighted by atomic mass is 19.1. The third kappa shape index (κ3) is 2.71. The van der Waals surface area contributed by atoms with Gasteiger partial charge in [0.05, 0.1) is 5.69 Å². The van der Waals surface area contributed by atoms with Crippen LogP contribution < -0.4 is 5.73 Å². The van der Waals surface area contributed by atoms with Crippen LogP contribution in [0.25, 0.3) is 0 Å². The minimum absolute atomic E-state index is 0.0149. The van der Waals surface area contributed by atoms with Crippen LogP contribution in [0.2, 0.25) is 0 Å². The number of anilines is 1. The van der Waals surface area contributed by atoms with Gasteiger partial charge in [-0.05, 0) is 39.1 Å². The molecule has 1 saturated heterocycles. The molecule has 104 valence electrons. The molecule has 0 bridgehead atoms. The number of hydrogen-bond donors (Lipinski definition) is 1. The number of likely N-dealkylation sites (N-methyl/N-ethyl adjacent to an activating group) is 1. The first-order chi connectivity index (χ1) is 8.90. The van der Waals surface area contributed by atoms with Crippen molar-refractivity contribution in [1.29, 1.82) is 0 Å². The molecule has 1 aromatic rings. The molecule has 1 heterocycles. The van der Waals surface area contributed by atoms with Crippen LogP contribution in [0, 0.1) is 5.82 Å². The fourth-order valence-electron chi connectivity index (χ4n) is 2.43. The van der Waals surface area contributed by atoms with E-state index < -0.39 is 5.82 Å². The number of benzene rings is 1. The summed E-state index contributed by atoms with van der Waals surface area (Å²) in [6.45, 7) is 5.54. The molecule has 0 aromatic heterocycles. The van der Waals surface area contributed by atoms with Gasteiger partial charge in [0.2, 0.25) is 0 Å². The number of nitrogens with two attached hydrogens (primary N) is 1. The van der Waals surface area contributed by atoms with E-state index in [1.54, 1.807) is 0 Å². The van der Waals surface area contributed by atoms with Crippen molar-refractivity contribution in [3.63, 3.8) is 0 Å². The number of amides is 1. The molecule has 1 fully saturated rings. The SMILES string of the molecule is CC1CN(C(=O)c2ccc(F)c(N)c2)CC(C)N1C. The summed E-state index contributed by atoms with van der Waals surface area (Å²) in [6, 6.07) is 4.76. The third-order valence-corrected chi connectivity index (χ3v) is 3.89. The van der Waals surface area contributed by atoms with Crippen LogP contribution >= 0.6 is 0 Å². The van der Waals surface area contributed by atoms with Crippen molar-refractivity contribution in [2.45, 2.75) is 25.9 Å². The van der Waals surface area contributed by atoms with E-state index in [9.17, 15) is 9.18 Å². The average Bonchev–Trinajstić information content (AvgIpc) is 2.37. The molecule has 2 unspecified atom stereocenters. The maximum Gasteiger partial charge on any atom is 0.254 e. The van der Waals surface area contributed by atoms with Crippen molar-refractivity contribution < 1.29 is 9.18 Å². The molecule has 2 atom stereocenters. The second-order valence-corrected chi connectivity index (χ2v) is 5.31. The van der Waals surface area contributed by atoms with Gasteiger partial charge in [-0.2, -0.15) is 0 Å². The van der Waals surface area contributed by atoms with E-state index in [0.717, 1.165) is 0 Å². The third-order valence-electron chi connectivity index (χ3n) is 3.89. The van der Waals surface area contributed by atoms with Gasteiger partial charge in [0.1, 0.15) is 5.82 Å². The summed E-state index contributed by atoms with van der Waals surface area (Å²) in [7, 11) is 2.06. The van der Waals surface area contributed by atoms with Gasteiger partial charge in [-0.1, -0.05) is 0 Å². The Hall–Kier alpha value is -1.62. The number of piperazine rings is 1. The van der Waals surface area contributed by atoms with E-state index in [1.165, 1.54) is 18.2 Å². The van der Waals surface area contributed by atoms with Crippen LogP contribution in [-0.2, 0) is 0 Å². The fourth-order valence-corrected chi connectivity index (χ4v) is 2.43. The van der Waals surface area contributed by atoms with Gasteiger partial charge in [-0.15, -0.1) is 0 Å². The second kappa shape index (κ2) is 5.17. The number of nitrogens with zero attached hydrogens (tertiary/aromatic N) is 2. The van der Waals surface area contributed by atoms with E-state index in [1.807, 2.05) is 4.90 Å². The zero-order chi connectivity index (χ0) is 14.2. The molecule has 0 aliphatic carbocycles. The fraction of sp³-hybridized carbons (Fsp3) is 0.500. The molecular formula is C14H20FN3O. The molecule has 0 saturated carbocycles. The maximum atomic E-state index is 13.1. The molecule has 0 spiro atoms. The highest BCUT2D eigenvalue weighted by Gasteiger charge is 2.29. The number of halogens is 1. The lowest BCUT2D eigenvalue weighted by molar-refractivity contribution is 0.0414. The lowest BCUT2D eigenvalue weighted by Gasteiger charge is -2.42. The van der Waals surface area contributed by atoms with Gasteiger partial charge < -0.3 is 10.6 Å². The van der Waals surface area contributed by atoms with E-state index in [0.29, 0.717) is 30.7 Å². The first-order valence-corrected chi connectivity index (χ1v) is 6.46. The largest absolute Gasteiger partial charge is 0.396 e. The highest BCUT2D eigenvalue weighted by molar-refractivity contribution is 5.95. The number of rotatable bonds is 1. The maximum absolute atomic E-state index is 13.1. The number of hydrogen-bond acceptors (Lipinski definition) is 3. The topological polar surface area (TPSA) is 49.6 Å². The summed E-state index contributed by atoms with van der Waals surface area (Å²) >= 11 is 0. The van der Waals surface area contributed by atoms with Crippen LogP contribution in [0.4, 0.5) is 10.1 Å². The first-order valence-electron chi connectivity index (χ1n) is 6.46. The average molecular weight is 265 g/mol. The van der Waals surface area contributed by atoms with Gasteiger partial charge in [0.25, 0.3) is 5.91 Å². The molecule has 1 aliphatic heterocycles. The Morgan fingerprint density at radius 3 is 2.42 bits per heavy atom.